The summed E-state index contributed by atoms with van der Waals surface area (Å²) in [5, 5.41) is 13.4. The van der Waals surface area contributed by atoms with E-state index in [0.717, 1.165) is 37.1 Å². The Labute approximate surface area is 113 Å². The third-order valence-electron chi connectivity index (χ3n) is 4.08. The number of nitrogens with zero attached hydrogens (tertiary/aromatic N) is 2. The first-order valence-electron chi connectivity index (χ1n) is 7.09. The Morgan fingerprint density at radius 1 is 1.42 bits per heavy atom. The van der Waals surface area contributed by atoms with Crippen LogP contribution in [0.25, 0.3) is 5.65 Å². The molecule has 2 unspecified atom stereocenters. The Hall–Kier alpha value is -1.39. The van der Waals surface area contributed by atoms with Gasteiger partial charge in [-0.25, -0.2) is 4.98 Å². The second-order valence-corrected chi connectivity index (χ2v) is 5.47. The molecule has 19 heavy (non-hydrogen) atoms. The summed E-state index contributed by atoms with van der Waals surface area (Å²) in [5.74, 6) is 0. The number of hydrogen-bond donors (Lipinski definition) is 2. The summed E-state index contributed by atoms with van der Waals surface area (Å²) in [6.45, 7) is 2.83. The fraction of sp³-hybridized carbons (Fsp3) is 0.533. The summed E-state index contributed by atoms with van der Waals surface area (Å²) in [4.78, 5) is 4.46. The molecular formula is C15H21N3O. The van der Waals surface area contributed by atoms with Crippen molar-refractivity contribution >= 4 is 5.65 Å². The number of fused-ring (bicyclic) bond motifs is 1. The molecule has 2 N–H and O–H groups in total. The minimum absolute atomic E-state index is 0.199. The van der Waals surface area contributed by atoms with Gasteiger partial charge < -0.3 is 14.8 Å². The lowest BCUT2D eigenvalue weighted by Crippen LogP contribution is -2.41. The van der Waals surface area contributed by atoms with Gasteiger partial charge >= 0.3 is 0 Å². The smallest absolute Gasteiger partial charge is 0.139 e. The number of aliphatic hydroxyl groups is 1. The first kappa shape index (κ1) is 12.6. The SMILES string of the molecule is Cc1cccn2c(CNC3CCCCC3O)cnc12. The summed E-state index contributed by atoms with van der Waals surface area (Å²) in [7, 11) is 0. The monoisotopic (exact) mass is 259 g/mol. The van der Waals surface area contributed by atoms with Gasteiger partial charge in [-0.2, -0.15) is 0 Å². The van der Waals surface area contributed by atoms with Crippen LogP contribution in [0.1, 0.15) is 36.9 Å². The molecule has 4 nitrogen and oxygen atoms in total. The van der Waals surface area contributed by atoms with Crippen LogP contribution in [-0.2, 0) is 6.54 Å². The van der Waals surface area contributed by atoms with Gasteiger partial charge in [0.1, 0.15) is 5.65 Å². The Bertz CT molecular complexity index is 564. The maximum Gasteiger partial charge on any atom is 0.139 e. The molecule has 1 fully saturated rings. The van der Waals surface area contributed by atoms with Crippen LogP contribution in [0.2, 0.25) is 0 Å². The van der Waals surface area contributed by atoms with Crippen molar-refractivity contribution in [3.8, 4) is 0 Å². The average Bonchev–Trinajstić information content (AvgIpc) is 2.83. The van der Waals surface area contributed by atoms with Crippen molar-refractivity contribution in [2.75, 3.05) is 0 Å². The summed E-state index contributed by atoms with van der Waals surface area (Å²) >= 11 is 0. The quantitative estimate of drug-likeness (QED) is 0.887. The lowest BCUT2D eigenvalue weighted by atomic mass is 9.92. The van der Waals surface area contributed by atoms with Crippen molar-refractivity contribution in [1.29, 1.82) is 0 Å². The molecule has 0 aliphatic heterocycles. The lowest BCUT2D eigenvalue weighted by molar-refractivity contribution is 0.0900. The van der Waals surface area contributed by atoms with Crippen molar-refractivity contribution in [3.63, 3.8) is 0 Å². The van der Waals surface area contributed by atoms with E-state index in [2.05, 4.69) is 27.7 Å². The highest BCUT2D eigenvalue weighted by atomic mass is 16.3. The maximum absolute atomic E-state index is 9.97. The van der Waals surface area contributed by atoms with Gasteiger partial charge in [-0.1, -0.05) is 18.9 Å². The van der Waals surface area contributed by atoms with Crippen molar-refractivity contribution in [2.45, 2.75) is 51.3 Å². The molecule has 2 aromatic rings. The van der Waals surface area contributed by atoms with Gasteiger partial charge in [0.15, 0.2) is 0 Å². The van der Waals surface area contributed by atoms with E-state index in [9.17, 15) is 5.11 Å². The summed E-state index contributed by atoms with van der Waals surface area (Å²) in [5.41, 5.74) is 3.35. The van der Waals surface area contributed by atoms with E-state index < -0.39 is 0 Å². The molecule has 1 aliphatic rings. The predicted octanol–water partition coefficient (Wildman–Crippen LogP) is 2.04. The number of imidazole rings is 1. The van der Waals surface area contributed by atoms with Gasteiger partial charge in [0.05, 0.1) is 18.0 Å². The van der Waals surface area contributed by atoms with Crippen molar-refractivity contribution < 1.29 is 5.11 Å². The van der Waals surface area contributed by atoms with Crippen LogP contribution in [-0.4, -0.2) is 26.6 Å². The summed E-state index contributed by atoms with van der Waals surface area (Å²) in [6, 6.07) is 4.34. The molecule has 102 valence electrons. The lowest BCUT2D eigenvalue weighted by Gasteiger charge is -2.28. The van der Waals surface area contributed by atoms with Crippen LogP contribution < -0.4 is 5.32 Å². The zero-order valence-corrected chi connectivity index (χ0v) is 11.3. The molecule has 1 saturated carbocycles. The molecule has 0 radical (unpaired) electrons. The Balaban J connectivity index is 1.73. The number of aryl methyl sites for hydroxylation is 1. The van der Waals surface area contributed by atoms with Gasteiger partial charge in [-0.15, -0.1) is 0 Å². The van der Waals surface area contributed by atoms with Gasteiger partial charge in [-0.3, -0.25) is 0 Å². The van der Waals surface area contributed by atoms with Gasteiger partial charge in [-0.05, 0) is 31.4 Å². The normalized spacial score (nSPS) is 23.9. The van der Waals surface area contributed by atoms with E-state index in [1.54, 1.807) is 0 Å². The highest BCUT2D eigenvalue weighted by Crippen LogP contribution is 2.19. The molecule has 2 atom stereocenters. The summed E-state index contributed by atoms with van der Waals surface area (Å²) in [6.07, 6.45) is 8.11. The average molecular weight is 259 g/mol. The third kappa shape index (κ3) is 2.51. The van der Waals surface area contributed by atoms with E-state index in [-0.39, 0.29) is 12.1 Å². The van der Waals surface area contributed by atoms with Crippen molar-refractivity contribution in [3.05, 3.63) is 35.8 Å². The molecule has 0 bridgehead atoms. The van der Waals surface area contributed by atoms with Crippen LogP contribution in [0.3, 0.4) is 0 Å². The number of pyridine rings is 1. The Kier molecular flexibility index (Phi) is 3.53. The molecule has 0 spiro atoms. The molecule has 0 amide bonds. The fourth-order valence-corrected chi connectivity index (χ4v) is 2.92. The number of nitrogens with one attached hydrogen (secondary N) is 1. The van der Waals surface area contributed by atoms with Crippen molar-refractivity contribution in [2.24, 2.45) is 0 Å². The molecule has 0 aromatic carbocycles. The molecule has 3 rings (SSSR count). The van der Waals surface area contributed by atoms with Gasteiger partial charge in [0, 0.05) is 18.8 Å². The zero-order chi connectivity index (χ0) is 13.2. The van der Waals surface area contributed by atoms with Crippen molar-refractivity contribution in [1.82, 2.24) is 14.7 Å². The molecule has 1 aliphatic carbocycles. The highest BCUT2D eigenvalue weighted by Gasteiger charge is 2.22. The molecule has 0 saturated heterocycles. The Morgan fingerprint density at radius 3 is 3.11 bits per heavy atom. The van der Waals surface area contributed by atoms with Gasteiger partial charge in [0.2, 0.25) is 0 Å². The molecule has 2 heterocycles. The molecular weight excluding hydrogens is 238 g/mol. The minimum Gasteiger partial charge on any atom is -0.392 e. The van der Waals surface area contributed by atoms with Crippen LogP contribution in [0.5, 0.6) is 0 Å². The number of rotatable bonds is 3. The van der Waals surface area contributed by atoms with Gasteiger partial charge in [0.25, 0.3) is 0 Å². The van der Waals surface area contributed by atoms with Crippen LogP contribution in [0.4, 0.5) is 0 Å². The van der Waals surface area contributed by atoms with E-state index >= 15 is 0 Å². The Morgan fingerprint density at radius 2 is 2.26 bits per heavy atom. The zero-order valence-electron chi connectivity index (χ0n) is 11.3. The first-order valence-corrected chi connectivity index (χ1v) is 7.09. The minimum atomic E-state index is -0.199. The van der Waals surface area contributed by atoms with Crippen LogP contribution >= 0.6 is 0 Å². The predicted molar refractivity (Wildman–Crippen MR) is 75.0 cm³/mol. The topological polar surface area (TPSA) is 49.6 Å². The molecule has 2 aromatic heterocycles. The molecule has 4 heteroatoms. The van der Waals surface area contributed by atoms with E-state index in [4.69, 9.17) is 0 Å². The number of aliphatic hydroxyl groups excluding tert-OH is 1. The second-order valence-electron chi connectivity index (χ2n) is 5.47. The first-order chi connectivity index (χ1) is 9.25. The summed E-state index contributed by atoms with van der Waals surface area (Å²) < 4.78 is 2.12. The largest absolute Gasteiger partial charge is 0.392 e. The second kappa shape index (κ2) is 5.31. The third-order valence-corrected chi connectivity index (χ3v) is 4.08. The fourth-order valence-electron chi connectivity index (χ4n) is 2.92. The van der Waals surface area contributed by atoms with E-state index in [0.29, 0.717) is 0 Å². The van der Waals surface area contributed by atoms with E-state index in [1.165, 1.54) is 12.0 Å². The highest BCUT2D eigenvalue weighted by molar-refractivity contribution is 5.48. The van der Waals surface area contributed by atoms with Crippen LogP contribution in [0, 0.1) is 6.92 Å². The van der Waals surface area contributed by atoms with E-state index in [1.807, 2.05) is 18.5 Å². The number of aromatic nitrogens is 2. The van der Waals surface area contributed by atoms with Crippen LogP contribution in [0.15, 0.2) is 24.5 Å². The maximum atomic E-state index is 9.97. The number of hydrogen-bond acceptors (Lipinski definition) is 3. The standard InChI is InChI=1S/C15H21N3O/c1-11-5-4-8-18-12(10-17-15(11)18)9-16-13-6-2-3-7-14(13)19/h4-5,8,10,13-14,16,19H,2-3,6-7,9H2,1H3.